The van der Waals surface area contributed by atoms with Gasteiger partial charge in [0, 0.05) is 30.7 Å². The SMILES string of the molecule is CC1CC(NC(=O)C2CSCCN2)CCO1. The van der Waals surface area contributed by atoms with Crippen molar-refractivity contribution >= 4 is 17.7 Å². The molecule has 4 nitrogen and oxygen atoms in total. The van der Waals surface area contributed by atoms with E-state index in [1.807, 2.05) is 11.8 Å². The molecule has 0 aromatic carbocycles. The van der Waals surface area contributed by atoms with Gasteiger partial charge < -0.3 is 15.4 Å². The summed E-state index contributed by atoms with van der Waals surface area (Å²) in [4.78, 5) is 11.9. The molecule has 0 saturated carbocycles. The molecule has 0 aromatic heterocycles. The largest absolute Gasteiger partial charge is 0.378 e. The Labute approximate surface area is 101 Å². The van der Waals surface area contributed by atoms with Gasteiger partial charge in [-0.2, -0.15) is 11.8 Å². The minimum absolute atomic E-state index is 0.00287. The molecule has 0 aliphatic carbocycles. The highest BCUT2D eigenvalue weighted by atomic mass is 32.2. The first-order valence-electron chi connectivity index (χ1n) is 5.99. The van der Waals surface area contributed by atoms with Crippen LogP contribution in [0.2, 0.25) is 0 Å². The van der Waals surface area contributed by atoms with Gasteiger partial charge in [0.25, 0.3) is 0 Å². The van der Waals surface area contributed by atoms with Crippen molar-refractivity contribution in [1.29, 1.82) is 0 Å². The van der Waals surface area contributed by atoms with E-state index in [0.29, 0.717) is 6.04 Å². The van der Waals surface area contributed by atoms with Crippen molar-refractivity contribution in [3.63, 3.8) is 0 Å². The van der Waals surface area contributed by atoms with Gasteiger partial charge in [0.05, 0.1) is 12.1 Å². The lowest BCUT2D eigenvalue weighted by atomic mass is 10.0. The Morgan fingerprint density at radius 2 is 2.44 bits per heavy atom. The summed E-state index contributed by atoms with van der Waals surface area (Å²) in [5.41, 5.74) is 0. The number of thioether (sulfide) groups is 1. The van der Waals surface area contributed by atoms with Crippen LogP contribution >= 0.6 is 11.8 Å². The van der Waals surface area contributed by atoms with Gasteiger partial charge in [-0.05, 0) is 19.8 Å². The average molecular weight is 244 g/mol. The van der Waals surface area contributed by atoms with E-state index in [1.54, 1.807) is 0 Å². The Morgan fingerprint density at radius 3 is 3.12 bits per heavy atom. The quantitative estimate of drug-likeness (QED) is 0.737. The Hall–Kier alpha value is -0.260. The smallest absolute Gasteiger partial charge is 0.238 e. The highest BCUT2D eigenvalue weighted by Crippen LogP contribution is 2.14. The predicted octanol–water partition coefficient (Wildman–Crippen LogP) is 0.375. The molecule has 3 unspecified atom stereocenters. The van der Waals surface area contributed by atoms with Gasteiger partial charge in [-0.3, -0.25) is 4.79 Å². The van der Waals surface area contributed by atoms with E-state index in [4.69, 9.17) is 4.74 Å². The summed E-state index contributed by atoms with van der Waals surface area (Å²) in [7, 11) is 0. The molecular formula is C11H20N2O2S. The van der Waals surface area contributed by atoms with E-state index >= 15 is 0 Å². The lowest BCUT2D eigenvalue weighted by Gasteiger charge is -2.30. The number of ether oxygens (including phenoxy) is 1. The molecule has 3 atom stereocenters. The maximum absolute atomic E-state index is 11.9. The number of nitrogens with one attached hydrogen (secondary N) is 2. The monoisotopic (exact) mass is 244 g/mol. The van der Waals surface area contributed by atoms with E-state index in [0.717, 1.165) is 37.5 Å². The van der Waals surface area contributed by atoms with Crippen LogP contribution in [-0.4, -0.2) is 48.8 Å². The van der Waals surface area contributed by atoms with E-state index in [-0.39, 0.29) is 18.1 Å². The molecule has 2 aliphatic heterocycles. The molecule has 2 heterocycles. The second-order valence-electron chi connectivity index (χ2n) is 4.49. The predicted molar refractivity (Wildman–Crippen MR) is 65.7 cm³/mol. The second-order valence-corrected chi connectivity index (χ2v) is 5.64. The molecule has 2 rings (SSSR count). The van der Waals surface area contributed by atoms with Gasteiger partial charge in [0.15, 0.2) is 0 Å². The first-order valence-corrected chi connectivity index (χ1v) is 7.14. The number of hydrogen-bond donors (Lipinski definition) is 2. The van der Waals surface area contributed by atoms with Crippen molar-refractivity contribution < 1.29 is 9.53 Å². The number of rotatable bonds is 2. The normalized spacial score (nSPS) is 35.7. The van der Waals surface area contributed by atoms with Crippen LogP contribution in [0.1, 0.15) is 19.8 Å². The third kappa shape index (κ3) is 3.37. The Bertz CT molecular complexity index is 244. The van der Waals surface area contributed by atoms with Gasteiger partial charge in [-0.15, -0.1) is 0 Å². The summed E-state index contributed by atoms with van der Waals surface area (Å²) in [6, 6.07) is 0.293. The molecule has 0 radical (unpaired) electrons. The van der Waals surface area contributed by atoms with Crippen LogP contribution in [0.15, 0.2) is 0 Å². The Balaban J connectivity index is 1.77. The highest BCUT2D eigenvalue weighted by molar-refractivity contribution is 7.99. The minimum atomic E-state index is -0.00287. The minimum Gasteiger partial charge on any atom is -0.378 e. The van der Waals surface area contributed by atoms with Crippen molar-refractivity contribution in [2.75, 3.05) is 24.7 Å². The summed E-state index contributed by atoms with van der Waals surface area (Å²) in [6.07, 6.45) is 2.15. The van der Waals surface area contributed by atoms with Crippen LogP contribution in [0.3, 0.4) is 0 Å². The molecule has 5 heteroatoms. The lowest BCUT2D eigenvalue weighted by Crippen LogP contribution is -2.52. The molecular weight excluding hydrogens is 224 g/mol. The third-order valence-electron chi connectivity index (χ3n) is 3.07. The van der Waals surface area contributed by atoms with Crippen molar-refractivity contribution in [1.82, 2.24) is 10.6 Å². The number of carbonyl (C=O) groups is 1. The molecule has 2 fully saturated rings. The van der Waals surface area contributed by atoms with Crippen molar-refractivity contribution in [2.45, 2.75) is 38.0 Å². The molecule has 0 aromatic rings. The van der Waals surface area contributed by atoms with Gasteiger partial charge in [0.1, 0.15) is 0 Å². The van der Waals surface area contributed by atoms with Crippen molar-refractivity contribution in [3.05, 3.63) is 0 Å². The molecule has 1 amide bonds. The van der Waals surface area contributed by atoms with Gasteiger partial charge in [-0.25, -0.2) is 0 Å². The summed E-state index contributed by atoms with van der Waals surface area (Å²) in [5, 5.41) is 6.38. The molecule has 2 N–H and O–H groups in total. The molecule has 2 saturated heterocycles. The fourth-order valence-corrected chi connectivity index (χ4v) is 3.10. The van der Waals surface area contributed by atoms with Crippen LogP contribution in [0, 0.1) is 0 Å². The van der Waals surface area contributed by atoms with Gasteiger partial charge in [0.2, 0.25) is 5.91 Å². The lowest BCUT2D eigenvalue weighted by molar-refractivity contribution is -0.124. The summed E-state index contributed by atoms with van der Waals surface area (Å²) < 4.78 is 5.46. The van der Waals surface area contributed by atoms with E-state index in [9.17, 15) is 4.79 Å². The summed E-state index contributed by atoms with van der Waals surface area (Å²) in [6.45, 7) is 3.76. The van der Waals surface area contributed by atoms with Crippen molar-refractivity contribution in [2.24, 2.45) is 0 Å². The van der Waals surface area contributed by atoms with Crippen LogP contribution < -0.4 is 10.6 Å². The second kappa shape index (κ2) is 5.89. The molecule has 16 heavy (non-hydrogen) atoms. The van der Waals surface area contributed by atoms with Crippen LogP contribution in [0.4, 0.5) is 0 Å². The van der Waals surface area contributed by atoms with E-state index in [2.05, 4.69) is 17.6 Å². The third-order valence-corrected chi connectivity index (χ3v) is 4.13. The zero-order valence-corrected chi connectivity index (χ0v) is 10.5. The van der Waals surface area contributed by atoms with Crippen LogP contribution in [-0.2, 0) is 9.53 Å². The summed E-state index contributed by atoms with van der Waals surface area (Å²) in [5.74, 6) is 2.16. The zero-order valence-electron chi connectivity index (χ0n) is 9.70. The Morgan fingerprint density at radius 1 is 1.56 bits per heavy atom. The first-order chi connectivity index (χ1) is 7.75. The van der Waals surface area contributed by atoms with Gasteiger partial charge >= 0.3 is 0 Å². The van der Waals surface area contributed by atoms with Crippen LogP contribution in [0.5, 0.6) is 0 Å². The van der Waals surface area contributed by atoms with E-state index in [1.165, 1.54) is 0 Å². The molecule has 0 bridgehead atoms. The summed E-state index contributed by atoms with van der Waals surface area (Å²) >= 11 is 1.85. The molecule has 2 aliphatic rings. The van der Waals surface area contributed by atoms with Crippen LogP contribution in [0.25, 0.3) is 0 Å². The standard InChI is InChI=1S/C11H20N2O2S/c1-8-6-9(2-4-15-8)13-11(14)10-7-16-5-3-12-10/h8-10,12H,2-7H2,1H3,(H,13,14). The maximum Gasteiger partial charge on any atom is 0.238 e. The van der Waals surface area contributed by atoms with Crippen molar-refractivity contribution in [3.8, 4) is 0 Å². The average Bonchev–Trinajstić information content (AvgIpc) is 2.30. The number of hydrogen-bond acceptors (Lipinski definition) is 4. The topological polar surface area (TPSA) is 50.4 Å². The van der Waals surface area contributed by atoms with E-state index < -0.39 is 0 Å². The molecule has 0 spiro atoms. The Kier molecular flexibility index (Phi) is 4.49. The van der Waals surface area contributed by atoms with Gasteiger partial charge in [-0.1, -0.05) is 0 Å². The number of amides is 1. The number of carbonyl (C=O) groups excluding carboxylic acids is 1. The fourth-order valence-electron chi connectivity index (χ4n) is 2.16. The fraction of sp³-hybridized carbons (Fsp3) is 0.909. The first kappa shape index (κ1) is 12.2. The molecule has 92 valence electrons. The highest BCUT2D eigenvalue weighted by Gasteiger charge is 2.25. The zero-order chi connectivity index (χ0) is 11.4. The maximum atomic E-state index is 11.9.